The molecule has 0 atom stereocenters. The van der Waals surface area contributed by atoms with Gasteiger partial charge in [-0.3, -0.25) is 4.79 Å². The van der Waals surface area contributed by atoms with Crippen LogP contribution in [-0.2, 0) is 0 Å². The molecule has 2 rings (SSSR count). The van der Waals surface area contributed by atoms with Crippen molar-refractivity contribution >= 4 is 11.9 Å². The smallest absolute Gasteiger partial charge is 0.185 e. The van der Waals surface area contributed by atoms with E-state index < -0.39 is 0 Å². The second-order valence-electron chi connectivity index (χ2n) is 7.13. The molecule has 0 heterocycles. The molecule has 0 saturated heterocycles. The average Bonchev–Trinajstić information content (AvgIpc) is 2.73. The van der Waals surface area contributed by atoms with Crippen LogP contribution >= 0.6 is 0 Å². The summed E-state index contributed by atoms with van der Waals surface area (Å²) < 4.78 is 17.2. The molecule has 4 nitrogen and oxygen atoms in total. The summed E-state index contributed by atoms with van der Waals surface area (Å²) >= 11 is 0. The van der Waals surface area contributed by atoms with E-state index in [1.165, 1.54) is 0 Å². The molecule has 0 aliphatic carbocycles. The van der Waals surface area contributed by atoms with Crippen molar-refractivity contribution in [1.29, 1.82) is 0 Å². The van der Waals surface area contributed by atoms with Crippen molar-refractivity contribution in [2.24, 2.45) is 0 Å². The van der Waals surface area contributed by atoms with Crippen LogP contribution in [0, 0.1) is 0 Å². The molecule has 0 radical (unpaired) electrons. The highest BCUT2D eigenvalue weighted by Crippen LogP contribution is 2.26. The van der Waals surface area contributed by atoms with Gasteiger partial charge in [-0.2, -0.15) is 0 Å². The van der Waals surface area contributed by atoms with Crippen molar-refractivity contribution in [2.45, 2.75) is 46.5 Å². The summed E-state index contributed by atoms with van der Waals surface area (Å²) in [6.45, 7) is 11.1. The molecular formula is C26H32O4. The predicted octanol–water partition coefficient (Wildman–Crippen LogP) is 6.85. The number of ketones is 1. The molecular weight excluding hydrogens is 376 g/mol. The van der Waals surface area contributed by atoms with Crippen molar-refractivity contribution in [3.05, 3.63) is 72.0 Å². The summed E-state index contributed by atoms with van der Waals surface area (Å²) in [7, 11) is 0. The van der Waals surface area contributed by atoms with Crippen LogP contribution in [0.2, 0.25) is 0 Å². The van der Waals surface area contributed by atoms with Crippen molar-refractivity contribution < 1.29 is 19.0 Å². The second kappa shape index (κ2) is 12.5. The Balaban J connectivity index is 2.15. The summed E-state index contributed by atoms with van der Waals surface area (Å²) in [5, 5.41) is 0. The number of carbonyl (C=O) groups excluding carboxylic acids is 1. The molecule has 0 bridgehead atoms. The highest BCUT2D eigenvalue weighted by Gasteiger charge is 2.07. The summed E-state index contributed by atoms with van der Waals surface area (Å²) in [6, 6.07) is 12.8. The lowest BCUT2D eigenvalue weighted by Crippen LogP contribution is -2.01. The van der Waals surface area contributed by atoms with Crippen LogP contribution in [-0.4, -0.2) is 19.0 Å². The maximum Gasteiger partial charge on any atom is 0.185 e. The minimum Gasteiger partial charge on any atom is -0.494 e. The van der Waals surface area contributed by atoms with Gasteiger partial charge < -0.3 is 14.2 Å². The number of hydrogen-bond acceptors (Lipinski definition) is 4. The first-order valence-electron chi connectivity index (χ1n) is 10.6. The maximum atomic E-state index is 12.6. The zero-order valence-electron chi connectivity index (χ0n) is 18.3. The van der Waals surface area contributed by atoms with Gasteiger partial charge in [-0.15, -0.1) is 0 Å². The highest BCUT2D eigenvalue weighted by molar-refractivity contribution is 6.07. The van der Waals surface area contributed by atoms with E-state index in [1.807, 2.05) is 18.2 Å². The lowest BCUT2D eigenvalue weighted by molar-refractivity contribution is 0.104. The molecule has 2 aromatic carbocycles. The molecule has 2 aromatic rings. The second-order valence-corrected chi connectivity index (χ2v) is 7.13. The molecule has 0 amide bonds. The molecule has 30 heavy (non-hydrogen) atoms. The Labute approximate surface area is 180 Å². The fraction of sp³-hybridized carbons (Fsp3) is 0.346. The van der Waals surface area contributed by atoms with Gasteiger partial charge in [-0.25, -0.2) is 0 Å². The van der Waals surface area contributed by atoms with E-state index in [4.69, 9.17) is 14.2 Å². The molecule has 0 aliphatic heterocycles. The summed E-state index contributed by atoms with van der Waals surface area (Å²) in [5.74, 6) is 2.70. The molecule has 4 heteroatoms. The summed E-state index contributed by atoms with van der Waals surface area (Å²) in [4.78, 5) is 12.6. The highest BCUT2D eigenvalue weighted by atomic mass is 16.5. The Kier molecular flexibility index (Phi) is 9.72. The number of carbonyl (C=O) groups is 1. The van der Waals surface area contributed by atoms with Crippen LogP contribution in [0.15, 0.2) is 60.9 Å². The molecule has 0 N–H and O–H groups in total. The Morgan fingerprint density at radius 1 is 0.933 bits per heavy atom. The van der Waals surface area contributed by atoms with Crippen molar-refractivity contribution in [3.8, 4) is 17.2 Å². The number of benzene rings is 2. The zero-order valence-corrected chi connectivity index (χ0v) is 18.3. The fourth-order valence-corrected chi connectivity index (χ4v) is 2.69. The quantitative estimate of drug-likeness (QED) is 0.157. The van der Waals surface area contributed by atoms with Gasteiger partial charge in [-0.1, -0.05) is 33.3 Å². The van der Waals surface area contributed by atoms with Crippen LogP contribution < -0.4 is 14.2 Å². The van der Waals surface area contributed by atoms with Gasteiger partial charge in [0, 0.05) is 11.1 Å². The predicted molar refractivity (Wildman–Crippen MR) is 122 cm³/mol. The minimum atomic E-state index is -0.0892. The van der Waals surface area contributed by atoms with Gasteiger partial charge in [-0.05, 0) is 74.4 Å². The minimum absolute atomic E-state index is 0.0892. The van der Waals surface area contributed by atoms with Crippen molar-refractivity contribution in [3.63, 3.8) is 0 Å². The van der Waals surface area contributed by atoms with Gasteiger partial charge in [0.15, 0.2) is 5.78 Å². The monoisotopic (exact) mass is 408 g/mol. The summed E-state index contributed by atoms with van der Waals surface area (Å²) in [6.07, 6.45) is 7.47. The molecule has 0 unspecified atom stereocenters. The first-order chi connectivity index (χ1) is 14.5. The first-order valence-corrected chi connectivity index (χ1v) is 10.6. The summed E-state index contributed by atoms with van der Waals surface area (Å²) in [5.41, 5.74) is 1.42. The topological polar surface area (TPSA) is 44.8 Å². The Bertz CT molecular complexity index is 850. The molecule has 0 saturated carbocycles. The van der Waals surface area contributed by atoms with Crippen LogP contribution in [0.4, 0.5) is 0 Å². The largest absolute Gasteiger partial charge is 0.494 e. The maximum absolute atomic E-state index is 12.6. The van der Waals surface area contributed by atoms with E-state index in [9.17, 15) is 4.79 Å². The van der Waals surface area contributed by atoms with E-state index >= 15 is 0 Å². The van der Waals surface area contributed by atoms with Crippen LogP contribution in [0.25, 0.3) is 6.08 Å². The molecule has 0 aliphatic rings. The molecule has 0 spiro atoms. The number of unbranched alkanes of at least 4 members (excludes halogenated alkanes) is 2. The van der Waals surface area contributed by atoms with Gasteiger partial charge in [0.25, 0.3) is 0 Å². The number of ether oxygens (including phenoxy) is 3. The van der Waals surface area contributed by atoms with Gasteiger partial charge in [0.05, 0.1) is 19.0 Å². The Morgan fingerprint density at radius 2 is 1.57 bits per heavy atom. The standard InChI is InChI=1S/C26H32O4/c1-5-7-17-28-24-14-16-26(29-18-8-6-2)22(19-24)11-15-25(27)21-9-12-23(13-10-21)30-20(3)4/h9-16,19H,3,5-8,17-18H2,1-2,4H3/b15-11+. The van der Waals surface area contributed by atoms with Gasteiger partial charge in [0.1, 0.15) is 17.2 Å². The Hall–Kier alpha value is -3.01. The molecule has 160 valence electrons. The SMILES string of the molecule is C=C(C)Oc1ccc(C(=O)/C=C/c2cc(OCCCC)ccc2OCCCC)cc1. The van der Waals surface area contributed by atoms with E-state index in [2.05, 4.69) is 20.4 Å². The fourth-order valence-electron chi connectivity index (χ4n) is 2.69. The van der Waals surface area contributed by atoms with E-state index in [1.54, 1.807) is 43.3 Å². The number of rotatable bonds is 13. The third kappa shape index (κ3) is 7.78. The lowest BCUT2D eigenvalue weighted by Gasteiger charge is -2.12. The van der Waals surface area contributed by atoms with Crippen LogP contribution in [0.3, 0.4) is 0 Å². The van der Waals surface area contributed by atoms with E-state index in [-0.39, 0.29) is 5.78 Å². The molecule has 0 aromatic heterocycles. The van der Waals surface area contributed by atoms with Gasteiger partial charge >= 0.3 is 0 Å². The Morgan fingerprint density at radius 3 is 2.20 bits per heavy atom. The van der Waals surface area contributed by atoms with Crippen molar-refractivity contribution in [1.82, 2.24) is 0 Å². The van der Waals surface area contributed by atoms with E-state index in [0.717, 1.165) is 42.7 Å². The third-order valence-corrected chi connectivity index (χ3v) is 4.35. The number of hydrogen-bond donors (Lipinski definition) is 0. The van der Waals surface area contributed by atoms with Gasteiger partial charge in [0.2, 0.25) is 0 Å². The van der Waals surface area contributed by atoms with Crippen LogP contribution in [0.5, 0.6) is 17.2 Å². The first kappa shape index (κ1) is 23.3. The van der Waals surface area contributed by atoms with Crippen molar-refractivity contribution in [2.75, 3.05) is 13.2 Å². The number of allylic oxidation sites excluding steroid dienone is 2. The molecule has 0 fully saturated rings. The third-order valence-electron chi connectivity index (χ3n) is 4.35. The average molecular weight is 409 g/mol. The zero-order chi connectivity index (χ0) is 21.8. The lowest BCUT2D eigenvalue weighted by atomic mass is 10.1. The van der Waals surface area contributed by atoms with Crippen LogP contribution in [0.1, 0.15) is 62.4 Å². The van der Waals surface area contributed by atoms with E-state index in [0.29, 0.717) is 30.3 Å². The normalized spacial score (nSPS) is 10.8.